The lowest BCUT2D eigenvalue weighted by Gasteiger charge is -2.38. The van der Waals surface area contributed by atoms with E-state index in [-0.39, 0.29) is 17.4 Å². The largest absolute Gasteiger partial charge is 0.380 e. The van der Waals surface area contributed by atoms with Gasteiger partial charge in [0.2, 0.25) is 11.8 Å². The molecule has 2 amide bonds. The summed E-state index contributed by atoms with van der Waals surface area (Å²) in [7, 11) is 3.39. The third kappa shape index (κ3) is 5.45. The summed E-state index contributed by atoms with van der Waals surface area (Å²) in [5, 5.41) is 2.95. The van der Waals surface area contributed by atoms with Gasteiger partial charge >= 0.3 is 0 Å². The minimum atomic E-state index is -0.423. The molecule has 2 aliphatic rings. The molecule has 0 spiro atoms. The van der Waals surface area contributed by atoms with Crippen LogP contribution in [0.5, 0.6) is 0 Å². The van der Waals surface area contributed by atoms with Crippen molar-refractivity contribution < 1.29 is 14.3 Å². The summed E-state index contributed by atoms with van der Waals surface area (Å²) in [5.41, 5.74) is 3.21. The zero-order valence-electron chi connectivity index (χ0n) is 20.3. The first-order valence-electron chi connectivity index (χ1n) is 11.7. The Bertz CT molecular complexity index is 1090. The second kappa shape index (κ2) is 11.5. The number of rotatable bonds is 5. The third-order valence-corrected chi connectivity index (χ3v) is 6.53. The number of carbonyl (C=O) groups excluding carboxylic acids is 2. The molecule has 0 radical (unpaired) electrons. The highest BCUT2D eigenvalue weighted by molar-refractivity contribution is 6.34. The number of nitrogens with zero attached hydrogens (tertiary/aromatic N) is 3. The zero-order valence-corrected chi connectivity index (χ0v) is 21.0. The van der Waals surface area contributed by atoms with Crippen LogP contribution >= 0.6 is 11.6 Å². The number of benzene rings is 1. The molecule has 4 rings (SSSR count). The number of halogens is 1. The van der Waals surface area contributed by atoms with Crippen molar-refractivity contribution in [1.29, 1.82) is 0 Å². The number of imide groups is 1. The van der Waals surface area contributed by atoms with Crippen LogP contribution < -0.4 is 20.7 Å². The number of piperazine rings is 1. The first-order chi connectivity index (χ1) is 16.4. The van der Waals surface area contributed by atoms with Crippen molar-refractivity contribution in [3.05, 3.63) is 57.0 Å². The van der Waals surface area contributed by atoms with E-state index in [9.17, 15) is 14.4 Å². The van der Waals surface area contributed by atoms with Crippen molar-refractivity contribution >= 4 is 34.8 Å². The zero-order chi connectivity index (χ0) is 24.8. The van der Waals surface area contributed by atoms with Gasteiger partial charge in [-0.3, -0.25) is 19.7 Å². The minimum absolute atomic E-state index is 0.0313. The topological polar surface area (TPSA) is 83.9 Å². The molecule has 34 heavy (non-hydrogen) atoms. The van der Waals surface area contributed by atoms with Crippen molar-refractivity contribution in [2.24, 2.45) is 7.05 Å². The lowest BCUT2D eigenvalue weighted by atomic mass is 9.90. The highest BCUT2D eigenvalue weighted by atomic mass is 35.5. The summed E-state index contributed by atoms with van der Waals surface area (Å²) in [6.45, 7) is 7.17. The molecule has 1 N–H and O–H groups in total. The average molecular weight is 489 g/mol. The Hall–Kier alpha value is -2.84. The molecule has 0 aliphatic carbocycles. The molecule has 1 unspecified atom stereocenters. The molecule has 184 valence electrons. The van der Waals surface area contributed by atoms with E-state index in [4.69, 9.17) is 16.3 Å². The first kappa shape index (κ1) is 25.8. The van der Waals surface area contributed by atoms with Crippen molar-refractivity contribution in [3.8, 4) is 0 Å². The van der Waals surface area contributed by atoms with Crippen LogP contribution in [0.1, 0.15) is 43.7 Å². The van der Waals surface area contributed by atoms with E-state index in [0.717, 1.165) is 16.8 Å². The van der Waals surface area contributed by atoms with Gasteiger partial charge in [0.15, 0.2) is 0 Å². The molecule has 9 heteroatoms. The van der Waals surface area contributed by atoms with Crippen LogP contribution in [0, 0.1) is 0 Å². The molecule has 1 atom stereocenters. The third-order valence-electron chi connectivity index (χ3n) is 6.12. The van der Waals surface area contributed by atoms with E-state index < -0.39 is 5.92 Å². The molecule has 2 aliphatic heterocycles. The van der Waals surface area contributed by atoms with Gasteiger partial charge in [-0.1, -0.05) is 37.6 Å². The number of methoxy groups -OCH3 is 1. The number of amides is 2. The standard InChI is InChI=1S/C23H27ClN4O4.C2H6/c1-26-13-15(14-32-2)12-19(23(26)31)28-10-8-27(9-11-28)18-5-3-4-16(21(18)24)17-6-7-20(29)25-22(17)30;1-2/h3-5,12-13,17H,6-11,14H2,1-2H3,(H,25,29,30);1-2H3. The molecule has 3 heterocycles. The van der Waals surface area contributed by atoms with Gasteiger partial charge in [-0.15, -0.1) is 0 Å². The fraction of sp³-hybridized carbons (Fsp3) is 0.480. The molecule has 2 saturated heterocycles. The SMILES string of the molecule is CC.COCc1cc(N2CCN(c3cccc(C4CCC(=O)NC4=O)c3Cl)CC2)c(=O)n(C)c1. The fourth-order valence-electron chi connectivity index (χ4n) is 4.46. The van der Waals surface area contributed by atoms with E-state index >= 15 is 0 Å². The van der Waals surface area contributed by atoms with E-state index in [1.807, 2.05) is 38.1 Å². The molecule has 0 saturated carbocycles. The Morgan fingerprint density at radius 2 is 1.71 bits per heavy atom. The average Bonchev–Trinajstić information content (AvgIpc) is 2.83. The van der Waals surface area contributed by atoms with Crippen molar-refractivity contribution in [2.75, 3.05) is 43.1 Å². The summed E-state index contributed by atoms with van der Waals surface area (Å²) >= 11 is 6.74. The second-order valence-corrected chi connectivity index (χ2v) is 8.62. The summed E-state index contributed by atoms with van der Waals surface area (Å²) in [5.74, 6) is -0.958. The second-order valence-electron chi connectivity index (χ2n) is 8.24. The fourth-order valence-corrected chi connectivity index (χ4v) is 4.84. The van der Waals surface area contributed by atoms with Crippen LogP contribution in [0.3, 0.4) is 0 Å². The maximum atomic E-state index is 12.7. The highest BCUT2D eigenvalue weighted by Gasteiger charge is 2.31. The Labute approximate surface area is 205 Å². The number of carbonyl (C=O) groups is 2. The normalized spacial score (nSPS) is 18.3. The number of hydrogen-bond donors (Lipinski definition) is 1. The van der Waals surface area contributed by atoms with Gasteiger partial charge in [-0.2, -0.15) is 0 Å². The summed E-state index contributed by atoms with van der Waals surface area (Å²) in [6, 6.07) is 7.60. The number of aromatic nitrogens is 1. The van der Waals surface area contributed by atoms with Gasteiger partial charge in [0.25, 0.3) is 5.56 Å². The lowest BCUT2D eigenvalue weighted by molar-refractivity contribution is -0.134. The molecule has 2 fully saturated rings. The molecular formula is C25H33ClN4O4. The maximum Gasteiger partial charge on any atom is 0.273 e. The van der Waals surface area contributed by atoms with Crippen LogP contribution in [-0.2, 0) is 28.0 Å². The van der Waals surface area contributed by atoms with Gasteiger partial charge in [-0.25, -0.2) is 0 Å². The minimum Gasteiger partial charge on any atom is -0.380 e. The molecular weight excluding hydrogens is 456 g/mol. The van der Waals surface area contributed by atoms with Crippen LogP contribution in [0.25, 0.3) is 0 Å². The van der Waals surface area contributed by atoms with Crippen molar-refractivity contribution in [3.63, 3.8) is 0 Å². The van der Waals surface area contributed by atoms with Gasteiger partial charge in [0.1, 0.15) is 5.69 Å². The quantitative estimate of drug-likeness (QED) is 0.651. The Balaban J connectivity index is 0.00000158. The van der Waals surface area contributed by atoms with Crippen LogP contribution in [0.15, 0.2) is 35.3 Å². The molecule has 8 nitrogen and oxygen atoms in total. The van der Waals surface area contributed by atoms with Gasteiger partial charge < -0.3 is 19.1 Å². The first-order valence-corrected chi connectivity index (χ1v) is 12.1. The molecule has 2 aromatic rings. The Morgan fingerprint density at radius 3 is 2.32 bits per heavy atom. The van der Waals surface area contributed by atoms with E-state index in [0.29, 0.717) is 56.3 Å². The van der Waals surface area contributed by atoms with E-state index in [2.05, 4.69) is 15.1 Å². The van der Waals surface area contributed by atoms with Gasteiger partial charge in [-0.05, 0) is 29.7 Å². The number of pyridine rings is 1. The smallest absolute Gasteiger partial charge is 0.273 e. The van der Waals surface area contributed by atoms with Crippen molar-refractivity contribution in [1.82, 2.24) is 9.88 Å². The number of hydrogen-bond acceptors (Lipinski definition) is 6. The number of aryl methyl sites for hydroxylation is 1. The number of piperidine rings is 1. The molecule has 1 aromatic carbocycles. The van der Waals surface area contributed by atoms with Crippen LogP contribution in [0.2, 0.25) is 5.02 Å². The number of anilines is 2. The summed E-state index contributed by atoms with van der Waals surface area (Å²) < 4.78 is 6.82. The van der Waals surface area contributed by atoms with E-state index in [1.165, 1.54) is 0 Å². The van der Waals surface area contributed by atoms with Gasteiger partial charge in [0.05, 0.1) is 23.2 Å². The maximum absolute atomic E-state index is 12.7. The summed E-state index contributed by atoms with van der Waals surface area (Å²) in [6.07, 6.45) is 2.57. The van der Waals surface area contributed by atoms with Crippen LogP contribution in [-0.4, -0.2) is 49.7 Å². The van der Waals surface area contributed by atoms with Gasteiger partial charge in [0, 0.05) is 53.0 Å². The van der Waals surface area contributed by atoms with Crippen molar-refractivity contribution in [2.45, 2.75) is 39.2 Å². The lowest BCUT2D eigenvalue weighted by Crippen LogP contribution is -2.48. The number of nitrogens with one attached hydrogen (secondary N) is 1. The Kier molecular flexibility index (Phi) is 8.74. The summed E-state index contributed by atoms with van der Waals surface area (Å²) in [4.78, 5) is 40.8. The molecule has 1 aromatic heterocycles. The van der Waals surface area contributed by atoms with Crippen LogP contribution in [0.4, 0.5) is 11.4 Å². The van der Waals surface area contributed by atoms with E-state index in [1.54, 1.807) is 24.9 Å². The highest BCUT2D eigenvalue weighted by Crippen LogP contribution is 2.37. The monoisotopic (exact) mass is 488 g/mol. The number of ether oxygens (including phenoxy) is 1. The molecule has 0 bridgehead atoms. The predicted molar refractivity (Wildman–Crippen MR) is 135 cm³/mol. The predicted octanol–water partition coefficient (Wildman–Crippen LogP) is 3.06. The Morgan fingerprint density at radius 1 is 1.06 bits per heavy atom.